The van der Waals surface area contributed by atoms with Crippen molar-refractivity contribution >= 4 is 28.8 Å². The summed E-state index contributed by atoms with van der Waals surface area (Å²) >= 11 is 7.23. The number of nitrogens with two attached hydrogens (primary N) is 1. The molecule has 3 N–H and O–H groups in total. The zero-order valence-electron chi connectivity index (χ0n) is 11.1. The summed E-state index contributed by atoms with van der Waals surface area (Å²) in [6.07, 6.45) is 0.805. The van der Waals surface area contributed by atoms with Gasteiger partial charge in [0.25, 0.3) is 5.91 Å². The molecule has 0 saturated heterocycles. The Bertz CT molecular complexity index is 582. The van der Waals surface area contributed by atoms with Crippen LogP contribution < -0.4 is 11.1 Å². The molecule has 1 atom stereocenters. The molecule has 0 spiro atoms. The molecule has 2 aromatic rings. The Hall–Kier alpha value is -1.43. The minimum Gasteiger partial charge on any atom is -0.347 e. The number of thiazole rings is 1. The summed E-state index contributed by atoms with van der Waals surface area (Å²) in [6, 6.07) is 7.25. The van der Waals surface area contributed by atoms with Crippen LogP contribution >= 0.6 is 22.9 Å². The van der Waals surface area contributed by atoms with E-state index >= 15 is 0 Å². The van der Waals surface area contributed by atoms with E-state index in [4.69, 9.17) is 17.3 Å². The Balaban J connectivity index is 1.94. The van der Waals surface area contributed by atoms with Gasteiger partial charge in [0, 0.05) is 16.9 Å². The first-order valence-electron chi connectivity index (χ1n) is 6.33. The van der Waals surface area contributed by atoms with Crippen molar-refractivity contribution in [1.82, 2.24) is 10.3 Å². The summed E-state index contributed by atoms with van der Waals surface area (Å²) < 4.78 is 0. The lowest BCUT2D eigenvalue weighted by molar-refractivity contribution is 0.0946. The fourth-order valence-electron chi connectivity index (χ4n) is 1.61. The van der Waals surface area contributed by atoms with Crippen LogP contribution in [0.2, 0.25) is 5.02 Å². The van der Waals surface area contributed by atoms with E-state index in [0.29, 0.717) is 17.3 Å². The van der Waals surface area contributed by atoms with Crippen LogP contribution in [0, 0.1) is 0 Å². The van der Waals surface area contributed by atoms with Crippen molar-refractivity contribution in [3.8, 4) is 0 Å². The van der Waals surface area contributed by atoms with Crippen molar-refractivity contribution in [1.29, 1.82) is 0 Å². The molecule has 1 amide bonds. The van der Waals surface area contributed by atoms with Gasteiger partial charge in [-0.2, -0.15) is 0 Å². The van der Waals surface area contributed by atoms with E-state index in [2.05, 4.69) is 10.3 Å². The molecule has 1 aromatic carbocycles. The molecule has 0 aliphatic rings. The van der Waals surface area contributed by atoms with Gasteiger partial charge in [-0.1, -0.05) is 30.7 Å². The lowest BCUT2D eigenvalue weighted by Gasteiger charge is -2.04. The predicted molar refractivity (Wildman–Crippen MR) is 82.0 cm³/mol. The fourth-order valence-corrected chi connectivity index (χ4v) is 2.62. The summed E-state index contributed by atoms with van der Waals surface area (Å²) in [6.45, 7) is 2.44. The maximum absolute atomic E-state index is 12.0. The third kappa shape index (κ3) is 3.79. The Morgan fingerprint density at radius 1 is 1.45 bits per heavy atom. The van der Waals surface area contributed by atoms with Gasteiger partial charge in [-0.05, 0) is 24.1 Å². The molecule has 0 bridgehead atoms. The average Bonchev–Trinajstić information content (AvgIpc) is 2.95. The Morgan fingerprint density at radius 2 is 2.15 bits per heavy atom. The van der Waals surface area contributed by atoms with Crippen LogP contribution in [-0.4, -0.2) is 10.9 Å². The molecule has 1 heterocycles. The number of carbonyl (C=O) groups excluding carboxylic acids is 1. The van der Waals surface area contributed by atoms with Crippen LogP contribution in [0.4, 0.5) is 0 Å². The van der Waals surface area contributed by atoms with Crippen molar-refractivity contribution in [3.63, 3.8) is 0 Å². The van der Waals surface area contributed by atoms with Crippen molar-refractivity contribution in [2.45, 2.75) is 25.9 Å². The first-order chi connectivity index (χ1) is 9.60. The van der Waals surface area contributed by atoms with Gasteiger partial charge in [0.1, 0.15) is 10.7 Å². The van der Waals surface area contributed by atoms with E-state index in [1.54, 1.807) is 17.5 Å². The molecule has 2 rings (SSSR count). The van der Waals surface area contributed by atoms with Crippen LogP contribution in [-0.2, 0) is 6.54 Å². The van der Waals surface area contributed by atoms with Gasteiger partial charge >= 0.3 is 0 Å². The number of carbonyl (C=O) groups is 1. The van der Waals surface area contributed by atoms with Crippen LogP contribution in [0.3, 0.4) is 0 Å². The van der Waals surface area contributed by atoms with E-state index in [1.165, 1.54) is 11.3 Å². The lowest BCUT2D eigenvalue weighted by atomic mass is 10.2. The maximum Gasteiger partial charge on any atom is 0.271 e. The number of nitrogens with zero attached hydrogens (tertiary/aromatic N) is 1. The lowest BCUT2D eigenvalue weighted by Crippen LogP contribution is -2.23. The number of benzene rings is 1. The van der Waals surface area contributed by atoms with Crippen LogP contribution in [0.5, 0.6) is 0 Å². The third-order valence-electron chi connectivity index (χ3n) is 2.88. The summed E-state index contributed by atoms with van der Waals surface area (Å²) in [7, 11) is 0. The van der Waals surface area contributed by atoms with Crippen LogP contribution in [0.15, 0.2) is 29.6 Å². The molecule has 20 heavy (non-hydrogen) atoms. The SMILES string of the molecule is CCC(N)c1nc(C(=O)NCc2ccc(Cl)cc2)cs1. The third-order valence-corrected chi connectivity index (χ3v) is 4.11. The summed E-state index contributed by atoms with van der Waals surface area (Å²) in [5, 5.41) is 6.04. The number of nitrogens with one attached hydrogen (secondary N) is 1. The molecule has 0 aliphatic carbocycles. The molecule has 106 valence electrons. The predicted octanol–water partition coefficient (Wildman–Crippen LogP) is 3.14. The summed E-state index contributed by atoms with van der Waals surface area (Å²) in [5.41, 5.74) is 7.30. The van der Waals surface area contributed by atoms with Crippen LogP contribution in [0.25, 0.3) is 0 Å². The van der Waals surface area contributed by atoms with Gasteiger partial charge in [-0.25, -0.2) is 4.98 Å². The molecular formula is C14H16ClN3OS. The van der Waals surface area contributed by atoms with E-state index < -0.39 is 0 Å². The molecule has 0 aliphatic heterocycles. The zero-order chi connectivity index (χ0) is 14.5. The topological polar surface area (TPSA) is 68.0 Å². The largest absolute Gasteiger partial charge is 0.347 e. The van der Waals surface area contributed by atoms with E-state index in [1.807, 2.05) is 19.1 Å². The van der Waals surface area contributed by atoms with Gasteiger partial charge in [-0.3, -0.25) is 4.79 Å². The standard InChI is InChI=1S/C14H16ClN3OS/c1-2-11(16)14-18-12(8-20-14)13(19)17-7-9-3-5-10(15)6-4-9/h3-6,8,11H,2,7,16H2,1H3,(H,17,19). The Morgan fingerprint density at radius 3 is 2.80 bits per heavy atom. The minimum absolute atomic E-state index is 0.0992. The van der Waals surface area contributed by atoms with Crippen molar-refractivity contribution in [2.75, 3.05) is 0 Å². The number of hydrogen-bond donors (Lipinski definition) is 2. The highest BCUT2D eigenvalue weighted by Gasteiger charge is 2.13. The quantitative estimate of drug-likeness (QED) is 0.891. The number of halogens is 1. The highest BCUT2D eigenvalue weighted by Crippen LogP contribution is 2.18. The second-order valence-electron chi connectivity index (χ2n) is 4.39. The zero-order valence-corrected chi connectivity index (χ0v) is 12.7. The number of amides is 1. The number of aromatic nitrogens is 1. The number of rotatable bonds is 5. The first-order valence-corrected chi connectivity index (χ1v) is 7.59. The average molecular weight is 310 g/mol. The molecule has 1 aromatic heterocycles. The van der Waals surface area contributed by atoms with Crippen molar-refractivity contribution in [3.05, 3.63) is 50.9 Å². The van der Waals surface area contributed by atoms with Crippen molar-refractivity contribution in [2.24, 2.45) is 5.73 Å². The normalized spacial score (nSPS) is 12.2. The van der Waals surface area contributed by atoms with Gasteiger partial charge < -0.3 is 11.1 Å². The first kappa shape index (κ1) is 15.0. The summed E-state index contributed by atoms with van der Waals surface area (Å²) in [5.74, 6) is -0.189. The molecular weight excluding hydrogens is 294 g/mol. The maximum atomic E-state index is 12.0. The minimum atomic E-state index is -0.189. The van der Waals surface area contributed by atoms with Gasteiger partial charge in [-0.15, -0.1) is 11.3 Å². The summed E-state index contributed by atoms with van der Waals surface area (Å²) in [4.78, 5) is 16.2. The molecule has 0 radical (unpaired) electrons. The molecule has 6 heteroatoms. The van der Waals surface area contributed by atoms with Gasteiger partial charge in [0.05, 0.1) is 6.04 Å². The van der Waals surface area contributed by atoms with E-state index in [9.17, 15) is 4.79 Å². The number of hydrogen-bond acceptors (Lipinski definition) is 4. The molecule has 1 unspecified atom stereocenters. The Kier molecular flexibility index (Phi) is 5.11. The smallest absolute Gasteiger partial charge is 0.271 e. The Labute approximate surface area is 127 Å². The van der Waals surface area contributed by atoms with Crippen molar-refractivity contribution < 1.29 is 4.79 Å². The second kappa shape index (κ2) is 6.83. The monoisotopic (exact) mass is 309 g/mol. The molecule has 0 fully saturated rings. The second-order valence-corrected chi connectivity index (χ2v) is 5.72. The van der Waals surface area contributed by atoms with Crippen LogP contribution in [0.1, 0.15) is 40.4 Å². The fraction of sp³-hybridized carbons (Fsp3) is 0.286. The highest BCUT2D eigenvalue weighted by molar-refractivity contribution is 7.09. The van der Waals surface area contributed by atoms with E-state index in [0.717, 1.165) is 17.0 Å². The molecule has 0 saturated carbocycles. The molecule has 4 nitrogen and oxygen atoms in total. The highest BCUT2D eigenvalue weighted by atomic mass is 35.5. The van der Waals surface area contributed by atoms with Gasteiger partial charge in [0.2, 0.25) is 0 Å². The van der Waals surface area contributed by atoms with Gasteiger partial charge in [0.15, 0.2) is 0 Å². The van der Waals surface area contributed by atoms with E-state index in [-0.39, 0.29) is 11.9 Å².